The van der Waals surface area contributed by atoms with Gasteiger partial charge in [-0.1, -0.05) is 46.4 Å². The summed E-state index contributed by atoms with van der Waals surface area (Å²) in [7, 11) is 0. The highest BCUT2D eigenvalue weighted by molar-refractivity contribution is 8.04. The Labute approximate surface area is 136 Å². The number of ketones is 1. The van der Waals surface area contributed by atoms with Crippen LogP contribution in [0, 0.1) is 11.3 Å². The van der Waals surface area contributed by atoms with Crippen molar-refractivity contribution < 1.29 is 14.4 Å². The molecule has 0 aromatic carbocycles. The Kier molecular flexibility index (Phi) is 6.23. The van der Waals surface area contributed by atoms with E-state index in [4.69, 9.17) is 0 Å². The summed E-state index contributed by atoms with van der Waals surface area (Å²) in [5.74, 6) is 0.211. The highest BCUT2D eigenvalue weighted by Gasteiger charge is 2.31. The number of carbonyl (C=O) groups is 3. The number of nitrogens with zero attached hydrogens (tertiary/aromatic N) is 1. The van der Waals surface area contributed by atoms with Crippen LogP contribution in [0.15, 0.2) is 11.1 Å². The van der Waals surface area contributed by atoms with Crippen molar-refractivity contribution >= 4 is 29.4 Å². The molecule has 0 aromatic heterocycles. The van der Waals surface area contributed by atoms with Gasteiger partial charge in [0.15, 0.2) is 5.78 Å². The normalized spacial score (nSPS) is 19.0. The molecule has 0 spiro atoms. The van der Waals surface area contributed by atoms with Crippen LogP contribution in [0.2, 0.25) is 0 Å². The van der Waals surface area contributed by atoms with Crippen molar-refractivity contribution in [1.82, 2.24) is 10.2 Å². The molecule has 0 saturated carbocycles. The van der Waals surface area contributed by atoms with Crippen molar-refractivity contribution in [3.05, 3.63) is 11.1 Å². The lowest BCUT2D eigenvalue weighted by molar-refractivity contribution is -0.131. The highest BCUT2D eigenvalue weighted by Crippen LogP contribution is 2.30. The van der Waals surface area contributed by atoms with Crippen molar-refractivity contribution in [3.8, 4) is 0 Å². The average Bonchev–Trinajstić information content (AvgIpc) is 2.70. The standard InChI is InChI=1S/C16H26N2O3S/c1-10(2)11(3)17-13(20)8-18-14(21)9-22-15(18)7-12(19)16(4,5)6/h7,10-11H,8-9H2,1-6H3,(H,17,20)/b15-7-/t11-/m0/s1. The number of hydrogen-bond donors (Lipinski definition) is 1. The molecular weight excluding hydrogens is 300 g/mol. The zero-order chi connectivity index (χ0) is 17.1. The number of rotatable bonds is 5. The van der Waals surface area contributed by atoms with E-state index in [-0.39, 0.29) is 35.9 Å². The third-order valence-corrected chi connectivity index (χ3v) is 4.62. The van der Waals surface area contributed by atoms with Crippen LogP contribution in [0.5, 0.6) is 0 Å². The van der Waals surface area contributed by atoms with E-state index in [1.807, 2.05) is 41.5 Å². The number of allylic oxidation sites excluding steroid dienone is 1. The molecule has 1 saturated heterocycles. The van der Waals surface area contributed by atoms with Crippen LogP contribution >= 0.6 is 11.8 Å². The van der Waals surface area contributed by atoms with Crippen molar-refractivity contribution in [2.75, 3.05) is 12.3 Å². The first-order valence-electron chi connectivity index (χ1n) is 7.51. The lowest BCUT2D eigenvalue weighted by atomic mass is 9.91. The molecule has 1 rings (SSSR count). The summed E-state index contributed by atoms with van der Waals surface area (Å²) in [4.78, 5) is 37.5. The van der Waals surface area contributed by atoms with E-state index < -0.39 is 5.41 Å². The lowest BCUT2D eigenvalue weighted by Gasteiger charge is -2.22. The fourth-order valence-electron chi connectivity index (χ4n) is 1.64. The van der Waals surface area contributed by atoms with Crippen LogP contribution in [0.3, 0.4) is 0 Å². The Hall–Kier alpha value is -1.30. The second-order valence-electron chi connectivity index (χ2n) is 6.97. The Morgan fingerprint density at radius 1 is 1.32 bits per heavy atom. The monoisotopic (exact) mass is 326 g/mol. The minimum Gasteiger partial charge on any atom is -0.352 e. The molecule has 1 N–H and O–H groups in total. The second kappa shape index (κ2) is 7.31. The number of nitrogens with one attached hydrogen (secondary N) is 1. The third-order valence-electron chi connectivity index (χ3n) is 3.59. The molecule has 2 amide bonds. The van der Waals surface area contributed by atoms with Gasteiger partial charge in [-0.05, 0) is 12.8 Å². The van der Waals surface area contributed by atoms with Crippen LogP contribution in [0.4, 0.5) is 0 Å². The van der Waals surface area contributed by atoms with Crippen LogP contribution in [-0.2, 0) is 14.4 Å². The molecule has 1 heterocycles. The fraction of sp³-hybridized carbons (Fsp3) is 0.688. The van der Waals surface area contributed by atoms with Crippen molar-refractivity contribution in [2.24, 2.45) is 11.3 Å². The van der Waals surface area contributed by atoms with Gasteiger partial charge in [-0.3, -0.25) is 19.3 Å². The zero-order valence-electron chi connectivity index (χ0n) is 14.2. The molecule has 0 radical (unpaired) electrons. The van der Waals surface area contributed by atoms with Crippen LogP contribution in [0.1, 0.15) is 41.5 Å². The van der Waals surface area contributed by atoms with E-state index in [1.165, 1.54) is 22.7 Å². The zero-order valence-corrected chi connectivity index (χ0v) is 15.0. The number of carbonyl (C=O) groups excluding carboxylic acids is 3. The molecule has 1 atom stereocenters. The smallest absolute Gasteiger partial charge is 0.240 e. The first-order valence-corrected chi connectivity index (χ1v) is 8.49. The first kappa shape index (κ1) is 18.7. The number of amides is 2. The maximum absolute atomic E-state index is 12.1. The van der Waals surface area contributed by atoms with Gasteiger partial charge in [0.1, 0.15) is 6.54 Å². The maximum Gasteiger partial charge on any atom is 0.240 e. The maximum atomic E-state index is 12.1. The van der Waals surface area contributed by atoms with E-state index in [0.717, 1.165) is 0 Å². The molecular formula is C16H26N2O3S. The lowest BCUT2D eigenvalue weighted by Crippen LogP contribution is -2.43. The summed E-state index contributed by atoms with van der Waals surface area (Å²) in [6.07, 6.45) is 1.48. The quantitative estimate of drug-likeness (QED) is 0.786. The van der Waals surface area contributed by atoms with Gasteiger partial charge in [-0.2, -0.15) is 0 Å². The Bertz CT molecular complexity index is 492. The van der Waals surface area contributed by atoms with Gasteiger partial charge >= 0.3 is 0 Å². The summed E-state index contributed by atoms with van der Waals surface area (Å²) in [5.41, 5.74) is -0.501. The van der Waals surface area contributed by atoms with Crippen LogP contribution in [-0.4, -0.2) is 40.8 Å². The summed E-state index contributed by atoms with van der Waals surface area (Å²) < 4.78 is 0. The number of thioether (sulfide) groups is 1. The van der Waals surface area contributed by atoms with Gasteiger partial charge in [0.25, 0.3) is 0 Å². The average molecular weight is 326 g/mol. The molecule has 1 fully saturated rings. The van der Waals surface area contributed by atoms with E-state index in [9.17, 15) is 14.4 Å². The van der Waals surface area contributed by atoms with Gasteiger partial charge in [-0.15, -0.1) is 0 Å². The van der Waals surface area contributed by atoms with Gasteiger partial charge < -0.3 is 5.32 Å². The molecule has 0 aliphatic carbocycles. The molecule has 0 aromatic rings. The highest BCUT2D eigenvalue weighted by atomic mass is 32.2. The van der Waals surface area contributed by atoms with Gasteiger partial charge in [0, 0.05) is 17.5 Å². The van der Waals surface area contributed by atoms with Gasteiger partial charge in [0.05, 0.1) is 10.8 Å². The molecule has 1 aliphatic rings. The topological polar surface area (TPSA) is 66.5 Å². The van der Waals surface area contributed by atoms with Crippen molar-refractivity contribution in [3.63, 3.8) is 0 Å². The number of hydrogen-bond acceptors (Lipinski definition) is 4. The van der Waals surface area contributed by atoms with E-state index in [1.54, 1.807) is 0 Å². The SMILES string of the molecule is CC(C)[C@H](C)NC(=O)CN1C(=O)CS/C1=C\C(=O)C(C)(C)C. The molecule has 22 heavy (non-hydrogen) atoms. The van der Waals surface area contributed by atoms with Gasteiger partial charge in [-0.25, -0.2) is 0 Å². The second-order valence-corrected chi connectivity index (χ2v) is 7.96. The molecule has 0 bridgehead atoms. The minimum absolute atomic E-state index is 0.0356. The summed E-state index contributed by atoms with van der Waals surface area (Å²) >= 11 is 1.31. The minimum atomic E-state index is -0.501. The fourth-order valence-corrected chi connectivity index (χ4v) is 2.58. The predicted octanol–water partition coefficient (Wildman–Crippen LogP) is 2.18. The molecule has 1 aliphatic heterocycles. The van der Waals surface area contributed by atoms with E-state index in [0.29, 0.717) is 10.9 Å². The van der Waals surface area contributed by atoms with Crippen molar-refractivity contribution in [2.45, 2.75) is 47.6 Å². The van der Waals surface area contributed by atoms with Crippen LogP contribution < -0.4 is 5.32 Å². The Balaban J connectivity index is 2.78. The van der Waals surface area contributed by atoms with Crippen LogP contribution in [0.25, 0.3) is 0 Å². The Morgan fingerprint density at radius 3 is 2.41 bits per heavy atom. The third kappa shape index (κ3) is 5.16. The largest absolute Gasteiger partial charge is 0.352 e. The summed E-state index contributed by atoms with van der Waals surface area (Å²) in [6.45, 7) is 11.4. The summed E-state index contributed by atoms with van der Waals surface area (Å²) in [6, 6.07) is 0.0431. The predicted molar refractivity (Wildman–Crippen MR) is 89.2 cm³/mol. The molecule has 0 unspecified atom stereocenters. The molecule has 124 valence electrons. The van der Waals surface area contributed by atoms with Gasteiger partial charge in [0.2, 0.25) is 11.8 Å². The Morgan fingerprint density at radius 2 is 1.91 bits per heavy atom. The summed E-state index contributed by atoms with van der Waals surface area (Å²) in [5, 5.41) is 3.44. The van der Waals surface area contributed by atoms with E-state index in [2.05, 4.69) is 5.32 Å². The molecule has 6 heteroatoms. The molecule has 5 nitrogen and oxygen atoms in total. The van der Waals surface area contributed by atoms with Crippen molar-refractivity contribution in [1.29, 1.82) is 0 Å². The first-order chi connectivity index (χ1) is 10.0. The van der Waals surface area contributed by atoms with E-state index >= 15 is 0 Å².